The van der Waals surface area contributed by atoms with Gasteiger partial charge in [0, 0.05) is 30.2 Å². The number of hydrogen-bond donors (Lipinski definition) is 2. The maximum absolute atomic E-state index is 12.4. The zero-order valence-electron chi connectivity index (χ0n) is 14.1. The highest BCUT2D eigenvalue weighted by Crippen LogP contribution is 2.25. The summed E-state index contributed by atoms with van der Waals surface area (Å²) < 4.78 is 5.45. The van der Waals surface area contributed by atoms with Gasteiger partial charge in [0.15, 0.2) is 0 Å². The van der Waals surface area contributed by atoms with Crippen molar-refractivity contribution in [3.05, 3.63) is 39.8 Å². The number of aromatic amines is 1. The van der Waals surface area contributed by atoms with Gasteiger partial charge in [0.05, 0.1) is 19.3 Å². The van der Waals surface area contributed by atoms with Crippen LogP contribution >= 0.6 is 11.3 Å². The van der Waals surface area contributed by atoms with E-state index in [1.54, 1.807) is 11.3 Å². The molecule has 1 aliphatic heterocycles. The Hall–Kier alpha value is -1.70. The first-order valence-electron chi connectivity index (χ1n) is 8.34. The van der Waals surface area contributed by atoms with Crippen LogP contribution in [0.25, 0.3) is 0 Å². The van der Waals surface area contributed by atoms with Crippen LogP contribution in [0.2, 0.25) is 0 Å². The molecule has 6 nitrogen and oxygen atoms in total. The molecule has 24 heavy (non-hydrogen) atoms. The van der Waals surface area contributed by atoms with Crippen molar-refractivity contribution in [2.75, 3.05) is 32.8 Å². The summed E-state index contributed by atoms with van der Waals surface area (Å²) in [5.41, 5.74) is 1.42. The predicted octanol–water partition coefficient (Wildman–Crippen LogP) is 2.40. The number of amides is 1. The molecule has 130 valence electrons. The van der Waals surface area contributed by atoms with Gasteiger partial charge in [-0.1, -0.05) is 19.9 Å². The van der Waals surface area contributed by atoms with Gasteiger partial charge in [-0.05, 0) is 23.4 Å². The number of hydrogen-bond acceptors (Lipinski definition) is 5. The summed E-state index contributed by atoms with van der Waals surface area (Å²) in [6, 6.07) is 6.19. The molecule has 0 bridgehead atoms. The molecule has 1 fully saturated rings. The molecule has 2 aromatic heterocycles. The maximum atomic E-state index is 12.4. The number of ether oxygens (including phenoxy) is 1. The normalized spacial score (nSPS) is 17.1. The lowest BCUT2D eigenvalue weighted by Crippen LogP contribution is -2.43. The Balaban J connectivity index is 1.65. The molecule has 0 saturated carbocycles. The van der Waals surface area contributed by atoms with E-state index >= 15 is 0 Å². The Labute approximate surface area is 146 Å². The van der Waals surface area contributed by atoms with E-state index in [0.717, 1.165) is 32.0 Å². The molecule has 1 saturated heterocycles. The maximum Gasteiger partial charge on any atom is 0.271 e. The second-order valence-corrected chi connectivity index (χ2v) is 7.23. The van der Waals surface area contributed by atoms with Crippen molar-refractivity contribution in [1.29, 1.82) is 0 Å². The van der Waals surface area contributed by atoms with E-state index in [2.05, 4.69) is 51.8 Å². The summed E-state index contributed by atoms with van der Waals surface area (Å²) >= 11 is 1.72. The number of aromatic nitrogens is 2. The van der Waals surface area contributed by atoms with E-state index in [4.69, 9.17) is 4.74 Å². The average molecular weight is 348 g/mol. The van der Waals surface area contributed by atoms with Gasteiger partial charge in [0.2, 0.25) is 0 Å². The minimum atomic E-state index is -0.132. The monoisotopic (exact) mass is 348 g/mol. The van der Waals surface area contributed by atoms with Crippen molar-refractivity contribution in [1.82, 2.24) is 20.4 Å². The van der Waals surface area contributed by atoms with Gasteiger partial charge >= 0.3 is 0 Å². The lowest BCUT2D eigenvalue weighted by Gasteiger charge is -2.34. The summed E-state index contributed by atoms with van der Waals surface area (Å²) in [7, 11) is 0. The summed E-state index contributed by atoms with van der Waals surface area (Å²) in [5.74, 6) is 0.194. The third-order valence-corrected chi connectivity index (χ3v) is 5.24. The van der Waals surface area contributed by atoms with E-state index < -0.39 is 0 Å². The van der Waals surface area contributed by atoms with E-state index in [0.29, 0.717) is 18.2 Å². The molecular formula is C17H24N4O2S. The van der Waals surface area contributed by atoms with E-state index in [9.17, 15) is 4.79 Å². The minimum absolute atomic E-state index is 0.132. The van der Waals surface area contributed by atoms with Gasteiger partial charge in [-0.15, -0.1) is 11.3 Å². The van der Waals surface area contributed by atoms with E-state index in [1.165, 1.54) is 4.88 Å². The van der Waals surface area contributed by atoms with E-state index in [1.807, 2.05) is 6.07 Å². The second kappa shape index (κ2) is 7.92. The van der Waals surface area contributed by atoms with Crippen molar-refractivity contribution < 1.29 is 9.53 Å². The molecule has 3 rings (SSSR count). The van der Waals surface area contributed by atoms with Crippen LogP contribution in [0.5, 0.6) is 0 Å². The first-order valence-corrected chi connectivity index (χ1v) is 9.22. The van der Waals surface area contributed by atoms with Gasteiger partial charge in [0.25, 0.3) is 5.91 Å². The van der Waals surface area contributed by atoms with Gasteiger partial charge in [-0.2, -0.15) is 5.10 Å². The van der Waals surface area contributed by atoms with Crippen LogP contribution in [0.1, 0.15) is 46.9 Å². The SMILES string of the molecule is CC(C)c1cc(C(=O)NC[C@H](c2cccs2)N2CCOCC2)n[nH]1. The fourth-order valence-corrected chi connectivity index (χ4v) is 3.67. The van der Waals surface area contributed by atoms with Crippen molar-refractivity contribution in [2.24, 2.45) is 0 Å². The van der Waals surface area contributed by atoms with Crippen LogP contribution in [0.15, 0.2) is 23.6 Å². The first-order chi connectivity index (χ1) is 11.6. The van der Waals surface area contributed by atoms with Gasteiger partial charge in [-0.25, -0.2) is 0 Å². The second-order valence-electron chi connectivity index (χ2n) is 6.25. The molecule has 1 aliphatic rings. The van der Waals surface area contributed by atoms with Crippen LogP contribution in [0.3, 0.4) is 0 Å². The number of thiophene rings is 1. The van der Waals surface area contributed by atoms with E-state index in [-0.39, 0.29) is 11.9 Å². The number of carbonyl (C=O) groups is 1. The largest absolute Gasteiger partial charge is 0.379 e. The highest BCUT2D eigenvalue weighted by molar-refractivity contribution is 7.10. The number of nitrogens with zero attached hydrogens (tertiary/aromatic N) is 2. The average Bonchev–Trinajstić information content (AvgIpc) is 3.28. The highest BCUT2D eigenvalue weighted by Gasteiger charge is 2.24. The molecule has 2 N–H and O–H groups in total. The number of rotatable bonds is 6. The molecule has 1 amide bonds. The molecule has 0 aromatic carbocycles. The lowest BCUT2D eigenvalue weighted by molar-refractivity contribution is 0.0169. The standard InChI is InChI=1S/C17H24N4O2S/c1-12(2)13-10-14(20-19-13)17(22)18-11-15(16-4-3-9-24-16)21-5-7-23-8-6-21/h3-4,9-10,12,15H,5-8,11H2,1-2H3,(H,18,22)(H,19,20)/t15-/m1/s1. The predicted molar refractivity (Wildman–Crippen MR) is 94.5 cm³/mol. The molecule has 0 spiro atoms. The zero-order chi connectivity index (χ0) is 16.9. The third kappa shape index (κ3) is 4.03. The Kier molecular flexibility index (Phi) is 5.65. The molecule has 1 atom stereocenters. The first kappa shape index (κ1) is 17.1. The Morgan fingerprint density at radius 1 is 1.46 bits per heavy atom. The van der Waals surface area contributed by atoms with Crippen molar-refractivity contribution >= 4 is 17.2 Å². The molecular weight excluding hydrogens is 324 g/mol. The Morgan fingerprint density at radius 3 is 2.88 bits per heavy atom. The number of H-pyrrole nitrogens is 1. The highest BCUT2D eigenvalue weighted by atomic mass is 32.1. The zero-order valence-corrected chi connectivity index (χ0v) is 14.9. The quantitative estimate of drug-likeness (QED) is 0.841. The smallest absolute Gasteiger partial charge is 0.271 e. The molecule has 3 heterocycles. The van der Waals surface area contributed by atoms with Crippen molar-refractivity contribution in [3.8, 4) is 0 Å². The number of nitrogens with one attached hydrogen (secondary N) is 2. The van der Waals surface area contributed by atoms with Crippen LogP contribution in [-0.4, -0.2) is 53.9 Å². The molecule has 7 heteroatoms. The van der Waals surface area contributed by atoms with Crippen LogP contribution in [0, 0.1) is 0 Å². The molecule has 0 radical (unpaired) electrons. The topological polar surface area (TPSA) is 70.2 Å². The Morgan fingerprint density at radius 2 is 2.25 bits per heavy atom. The van der Waals surface area contributed by atoms with Gasteiger partial charge in [-0.3, -0.25) is 14.8 Å². The minimum Gasteiger partial charge on any atom is -0.379 e. The molecule has 0 unspecified atom stereocenters. The van der Waals surface area contributed by atoms with Gasteiger partial charge in [0.1, 0.15) is 5.69 Å². The fraction of sp³-hybridized carbons (Fsp3) is 0.529. The van der Waals surface area contributed by atoms with Crippen molar-refractivity contribution in [3.63, 3.8) is 0 Å². The number of morpholine rings is 1. The molecule has 0 aliphatic carbocycles. The summed E-state index contributed by atoms with van der Waals surface area (Å²) in [5, 5.41) is 12.2. The van der Waals surface area contributed by atoms with Crippen LogP contribution in [-0.2, 0) is 4.74 Å². The van der Waals surface area contributed by atoms with Crippen molar-refractivity contribution in [2.45, 2.75) is 25.8 Å². The third-order valence-electron chi connectivity index (χ3n) is 4.27. The summed E-state index contributed by atoms with van der Waals surface area (Å²) in [6.07, 6.45) is 0. The van der Waals surface area contributed by atoms with Crippen LogP contribution in [0.4, 0.5) is 0 Å². The summed E-state index contributed by atoms with van der Waals surface area (Å²) in [6.45, 7) is 7.97. The Bertz CT molecular complexity index is 647. The molecule has 2 aromatic rings. The summed E-state index contributed by atoms with van der Waals surface area (Å²) in [4.78, 5) is 16.0. The van der Waals surface area contributed by atoms with Crippen LogP contribution < -0.4 is 5.32 Å². The fourth-order valence-electron chi connectivity index (χ4n) is 2.81. The lowest BCUT2D eigenvalue weighted by atomic mass is 10.1. The number of carbonyl (C=O) groups excluding carboxylic acids is 1. The van der Waals surface area contributed by atoms with Gasteiger partial charge < -0.3 is 10.1 Å².